The van der Waals surface area contributed by atoms with Gasteiger partial charge in [0.25, 0.3) is 0 Å². The van der Waals surface area contributed by atoms with Crippen molar-refractivity contribution in [3.63, 3.8) is 0 Å². The Hall–Kier alpha value is -3.00. The fourth-order valence-electron chi connectivity index (χ4n) is 4.32. The molecule has 1 aromatic carbocycles. The molecule has 8 nitrogen and oxygen atoms in total. The lowest BCUT2D eigenvalue weighted by molar-refractivity contribution is -0.123. The highest BCUT2D eigenvalue weighted by molar-refractivity contribution is 5.77. The number of nitrogens with one attached hydrogen (secondary N) is 1. The molecule has 0 aliphatic heterocycles. The van der Waals surface area contributed by atoms with Crippen LogP contribution in [0.25, 0.3) is 5.69 Å². The first-order chi connectivity index (χ1) is 15.5. The van der Waals surface area contributed by atoms with Crippen molar-refractivity contribution in [2.45, 2.75) is 63.5 Å². The minimum Gasteiger partial charge on any atom is -0.343 e. The van der Waals surface area contributed by atoms with Gasteiger partial charge in [0.2, 0.25) is 11.8 Å². The zero-order valence-corrected chi connectivity index (χ0v) is 19.0. The van der Waals surface area contributed by atoms with Gasteiger partial charge in [-0.15, -0.1) is 0 Å². The number of carbonyl (C=O) groups is 1. The van der Waals surface area contributed by atoms with Gasteiger partial charge in [-0.3, -0.25) is 4.79 Å². The van der Waals surface area contributed by atoms with Gasteiger partial charge in [-0.25, -0.2) is 4.68 Å². The number of amides is 1. The molecule has 1 aliphatic carbocycles. The van der Waals surface area contributed by atoms with Crippen LogP contribution in [0.5, 0.6) is 0 Å². The highest BCUT2D eigenvalue weighted by Crippen LogP contribution is 2.35. The fraction of sp³-hybridized carbons (Fsp3) is 0.500. The summed E-state index contributed by atoms with van der Waals surface area (Å²) in [6.07, 6.45) is 10.9. The molecule has 0 saturated heterocycles. The zero-order valence-electron chi connectivity index (χ0n) is 19.0. The molecule has 1 aliphatic rings. The molecule has 1 saturated carbocycles. The largest absolute Gasteiger partial charge is 0.343 e. The average Bonchev–Trinajstić information content (AvgIpc) is 3.39. The molecule has 1 N–H and O–H groups in total. The molecule has 1 fully saturated rings. The SMILES string of the molecule is CN(C)Cc1nc(C2(NC(=O)CCc3cnn(-c4ccccc4)c3)CCCCCC2)no1. The molecule has 0 unspecified atom stereocenters. The molecule has 3 aromatic rings. The first kappa shape index (κ1) is 22.2. The highest BCUT2D eigenvalue weighted by Gasteiger charge is 2.38. The molecular weight excluding hydrogens is 404 g/mol. The lowest BCUT2D eigenvalue weighted by Gasteiger charge is -2.30. The summed E-state index contributed by atoms with van der Waals surface area (Å²) in [5.41, 5.74) is 1.49. The summed E-state index contributed by atoms with van der Waals surface area (Å²) in [7, 11) is 3.93. The molecule has 2 aromatic heterocycles. The molecule has 0 radical (unpaired) electrons. The van der Waals surface area contributed by atoms with Crippen LogP contribution >= 0.6 is 0 Å². The lowest BCUT2D eigenvalue weighted by atomic mass is 9.89. The molecule has 8 heteroatoms. The monoisotopic (exact) mass is 436 g/mol. The first-order valence-corrected chi connectivity index (χ1v) is 11.4. The van der Waals surface area contributed by atoms with Gasteiger partial charge in [0, 0.05) is 12.6 Å². The Balaban J connectivity index is 1.42. The van der Waals surface area contributed by atoms with Crippen LogP contribution < -0.4 is 5.32 Å². The summed E-state index contributed by atoms with van der Waals surface area (Å²) >= 11 is 0. The van der Waals surface area contributed by atoms with Crippen LogP contribution in [0.1, 0.15) is 62.2 Å². The van der Waals surface area contributed by atoms with Crippen LogP contribution in [0.15, 0.2) is 47.2 Å². The smallest absolute Gasteiger partial charge is 0.240 e. The topological polar surface area (TPSA) is 89.1 Å². The Morgan fingerprint density at radius 3 is 2.62 bits per heavy atom. The van der Waals surface area contributed by atoms with Crippen LogP contribution in [0.3, 0.4) is 0 Å². The number of para-hydroxylation sites is 1. The van der Waals surface area contributed by atoms with E-state index in [4.69, 9.17) is 4.52 Å². The molecule has 170 valence electrons. The second-order valence-electron chi connectivity index (χ2n) is 8.92. The van der Waals surface area contributed by atoms with Crippen LogP contribution in [0.4, 0.5) is 0 Å². The van der Waals surface area contributed by atoms with Gasteiger partial charge < -0.3 is 14.7 Å². The third-order valence-electron chi connectivity index (χ3n) is 5.98. The van der Waals surface area contributed by atoms with Crippen molar-refractivity contribution in [3.05, 3.63) is 60.0 Å². The fourth-order valence-corrected chi connectivity index (χ4v) is 4.32. The van der Waals surface area contributed by atoms with Crippen LogP contribution in [0.2, 0.25) is 0 Å². The van der Waals surface area contributed by atoms with E-state index in [1.165, 1.54) is 12.8 Å². The van der Waals surface area contributed by atoms with Crippen LogP contribution in [-0.2, 0) is 23.3 Å². The van der Waals surface area contributed by atoms with Gasteiger partial charge >= 0.3 is 0 Å². The Labute approximate surface area is 189 Å². The van der Waals surface area contributed by atoms with E-state index in [-0.39, 0.29) is 5.91 Å². The van der Waals surface area contributed by atoms with Crippen LogP contribution in [-0.4, -0.2) is 44.8 Å². The maximum absolute atomic E-state index is 13.0. The number of benzene rings is 1. The minimum absolute atomic E-state index is 0.0123. The number of aromatic nitrogens is 4. The van der Waals surface area contributed by atoms with Crippen molar-refractivity contribution >= 4 is 5.91 Å². The van der Waals surface area contributed by atoms with E-state index in [0.717, 1.165) is 36.9 Å². The van der Waals surface area contributed by atoms with Crippen molar-refractivity contribution in [1.82, 2.24) is 30.1 Å². The number of aryl methyl sites for hydroxylation is 1. The third kappa shape index (κ3) is 5.43. The van der Waals surface area contributed by atoms with E-state index in [1.54, 1.807) is 0 Å². The van der Waals surface area contributed by atoms with Crippen molar-refractivity contribution < 1.29 is 9.32 Å². The van der Waals surface area contributed by atoms with Gasteiger partial charge in [-0.05, 0) is 51.1 Å². The predicted molar refractivity (Wildman–Crippen MR) is 121 cm³/mol. The average molecular weight is 437 g/mol. The van der Waals surface area contributed by atoms with Crippen molar-refractivity contribution in [1.29, 1.82) is 0 Å². The van der Waals surface area contributed by atoms with Gasteiger partial charge in [0.1, 0.15) is 5.54 Å². The van der Waals surface area contributed by atoms with E-state index in [1.807, 2.05) is 66.4 Å². The summed E-state index contributed by atoms with van der Waals surface area (Å²) in [4.78, 5) is 19.6. The number of hydrogen-bond donors (Lipinski definition) is 1. The van der Waals surface area contributed by atoms with Crippen LogP contribution in [0, 0.1) is 0 Å². The van der Waals surface area contributed by atoms with E-state index < -0.39 is 5.54 Å². The number of rotatable bonds is 8. The van der Waals surface area contributed by atoms with E-state index in [9.17, 15) is 4.79 Å². The standard InChI is InChI=1S/C24H32N6O2/c1-29(2)18-22-26-23(28-32-22)24(14-8-3-4-9-15-24)27-21(31)13-12-19-16-25-30(17-19)20-10-6-5-7-11-20/h5-7,10-11,16-17H,3-4,8-9,12-15,18H2,1-2H3,(H,27,31). The van der Waals surface area contributed by atoms with Crippen molar-refractivity contribution in [2.24, 2.45) is 0 Å². The molecule has 4 rings (SSSR count). The summed E-state index contributed by atoms with van der Waals surface area (Å²) < 4.78 is 7.32. The number of hydrogen-bond acceptors (Lipinski definition) is 6. The molecular formula is C24H32N6O2. The van der Waals surface area contributed by atoms with E-state index >= 15 is 0 Å². The molecule has 2 heterocycles. The second-order valence-corrected chi connectivity index (χ2v) is 8.92. The molecule has 0 bridgehead atoms. The Morgan fingerprint density at radius 1 is 1.16 bits per heavy atom. The second kappa shape index (κ2) is 10.1. The Morgan fingerprint density at radius 2 is 1.91 bits per heavy atom. The first-order valence-electron chi connectivity index (χ1n) is 11.4. The van der Waals surface area contributed by atoms with E-state index in [0.29, 0.717) is 31.1 Å². The maximum Gasteiger partial charge on any atom is 0.240 e. The van der Waals surface area contributed by atoms with Gasteiger partial charge in [0.15, 0.2) is 5.82 Å². The maximum atomic E-state index is 13.0. The minimum atomic E-state index is -0.546. The summed E-state index contributed by atoms with van der Waals surface area (Å²) in [6.45, 7) is 0.586. The van der Waals surface area contributed by atoms with Gasteiger partial charge in [0.05, 0.1) is 18.4 Å². The number of nitrogens with zero attached hydrogens (tertiary/aromatic N) is 5. The quantitative estimate of drug-likeness (QED) is 0.543. The highest BCUT2D eigenvalue weighted by atomic mass is 16.5. The number of carbonyl (C=O) groups excluding carboxylic acids is 1. The van der Waals surface area contributed by atoms with Gasteiger partial charge in [-0.2, -0.15) is 10.1 Å². The normalized spacial score (nSPS) is 16.1. The zero-order chi connectivity index (χ0) is 22.4. The molecule has 32 heavy (non-hydrogen) atoms. The molecule has 1 amide bonds. The van der Waals surface area contributed by atoms with Gasteiger partial charge in [-0.1, -0.05) is 49.0 Å². The van der Waals surface area contributed by atoms with Crippen molar-refractivity contribution in [3.8, 4) is 5.69 Å². The third-order valence-corrected chi connectivity index (χ3v) is 5.98. The summed E-state index contributed by atoms with van der Waals surface area (Å²) in [5.74, 6) is 1.20. The summed E-state index contributed by atoms with van der Waals surface area (Å²) in [6, 6.07) is 9.97. The summed E-state index contributed by atoms with van der Waals surface area (Å²) in [5, 5.41) is 12.0. The molecule has 0 spiro atoms. The lowest BCUT2D eigenvalue weighted by Crippen LogP contribution is -2.46. The Kier molecular flexibility index (Phi) is 6.99. The molecule has 0 atom stereocenters. The van der Waals surface area contributed by atoms with E-state index in [2.05, 4.69) is 20.6 Å². The van der Waals surface area contributed by atoms with Crippen molar-refractivity contribution in [2.75, 3.05) is 14.1 Å². The predicted octanol–water partition coefficient (Wildman–Crippen LogP) is 3.62. The Bertz CT molecular complexity index is 1000.